The predicted octanol–water partition coefficient (Wildman–Crippen LogP) is 3.83. The smallest absolute Gasteiger partial charge is 0.343 e. The number of hydrogen-bond donors (Lipinski definition) is 0. The number of fused-ring (bicyclic) bond motifs is 1. The number of aryl methyl sites for hydroxylation is 1. The van der Waals surface area contributed by atoms with Gasteiger partial charge < -0.3 is 9.64 Å². The predicted molar refractivity (Wildman–Crippen MR) is 96.6 cm³/mol. The number of pyridine rings is 1. The monoisotopic (exact) mass is 362 g/mol. The summed E-state index contributed by atoms with van der Waals surface area (Å²) >= 11 is 5.98. The molecule has 3 heterocycles. The summed E-state index contributed by atoms with van der Waals surface area (Å²) in [6.07, 6.45) is 0.919. The third-order valence-corrected chi connectivity index (χ3v) is 3.93. The first kappa shape index (κ1) is 15.1. The minimum Gasteiger partial charge on any atom is -0.459 e. The lowest BCUT2D eigenvalue weighted by molar-refractivity contribution is 0.0378. The number of aromatic nitrogens is 3. The number of anilines is 2. The molecule has 0 bridgehead atoms. The molecule has 2 aromatic rings. The number of esters is 1. The fourth-order valence-electron chi connectivity index (χ4n) is 2.69. The Morgan fingerprint density at radius 3 is 2.80 bits per heavy atom. The fourth-order valence-corrected chi connectivity index (χ4v) is 2.82. The first-order valence-electron chi connectivity index (χ1n) is 8.98. The van der Waals surface area contributed by atoms with Crippen LogP contribution in [0, 0.1) is 6.92 Å². The maximum absolute atomic E-state index is 12.6. The zero-order valence-corrected chi connectivity index (χ0v) is 15.5. The molecule has 7 heteroatoms. The zero-order valence-electron chi connectivity index (χ0n) is 16.8. The van der Waals surface area contributed by atoms with Crippen LogP contribution >= 0.6 is 11.6 Å². The maximum atomic E-state index is 12.6. The van der Waals surface area contributed by atoms with Gasteiger partial charge in [-0.25, -0.2) is 9.78 Å². The molecule has 0 saturated carbocycles. The molecular formula is C18H21ClN4O2. The highest BCUT2D eigenvalue weighted by atomic mass is 35.5. The summed E-state index contributed by atoms with van der Waals surface area (Å²) in [7, 11) is 0. The molecule has 0 fully saturated rings. The van der Waals surface area contributed by atoms with Crippen LogP contribution in [0.2, 0.25) is 5.28 Å². The molecule has 0 aromatic carbocycles. The SMILES string of the molecule is [2H]C1([2H])N(c2nc(Cl)ncc2C(=O)OC(C)C)c2ccc(C)nc2C1(C)C. The van der Waals surface area contributed by atoms with Gasteiger partial charge >= 0.3 is 5.97 Å². The third-order valence-electron chi connectivity index (χ3n) is 3.75. The highest BCUT2D eigenvalue weighted by Crippen LogP contribution is 2.43. The molecule has 3 rings (SSSR count). The molecule has 6 nitrogen and oxygen atoms in total. The quantitative estimate of drug-likeness (QED) is 0.610. The van der Waals surface area contributed by atoms with Gasteiger partial charge in [-0.1, -0.05) is 13.8 Å². The first-order valence-corrected chi connectivity index (χ1v) is 8.36. The Morgan fingerprint density at radius 1 is 1.40 bits per heavy atom. The second kappa shape index (κ2) is 6.26. The van der Waals surface area contributed by atoms with Crippen molar-refractivity contribution in [3.8, 4) is 0 Å². The standard InChI is InChI=1S/C18H21ClN4O2/c1-10(2)25-16(24)12-8-20-17(19)22-15(12)23-9-18(4,5)14-13(23)7-6-11(3)21-14/h6-8,10H,9H2,1-5H3/i9D2. The van der Waals surface area contributed by atoms with Crippen LogP contribution in [0.1, 0.15) is 52.2 Å². The zero-order chi connectivity index (χ0) is 20.1. The fraction of sp³-hybridized carbons (Fsp3) is 0.444. The average Bonchev–Trinajstić information content (AvgIpc) is 2.69. The van der Waals surface area contributed by atoms with Gasteiger partial charge in [-0.3, -0.25) is 4.98 Å². The van der Waals surface area contributed by atoms with E-state index in [1.165, 1.54) is 11.1 Å². The number of rotatable bonds is 3. The topological polar surface area (TPSA) is 68.2 Å². The normalized spacial score (nSPS) is 18.6. The van der Waals surface area contributed by atoms with Crippen molar-refractivity contribution < 1.29 is 12.3 Å². The van der Waals surface area contributed by atoms with Crippen molar-refractivity contribution >= 4 is 29.1 Å². The Bertz CT molecular complexity index is 918. The lowest BCUT2D eigenvalue weighted by Gasteiger charge is -2.23. The van der Waals surface area contributed by atoms with Crippen molar-refractivity contribution in [2.75, 3.05) is 11.4 Å². The molecule has 132 valence electrons. The van der Waals surface area contributed by atoms with Crippen LogP contribution in [-0.4, -0.2) is 33.5 Å². The van der Waals surface area contributed by atoms with E-state index in [2.05, 4.69) is 15.0 Å². The summed E-state index contributed by atoms with van der Waals surface area (Å²) in [6.45, 7) is 6.94. The number of hydrogen-bond acceptors (Lipinski definition) is 6. The second-order valence-corrected chi connectivity index (χ2v) is 7.06. The van der Waals surface area contributed by atoms with Gasteiger partial charge in [0.25, 0.3) is 0 Å². The van der Waals surface area contributed by atoms with Crippen LogP contribution in [0.25, 0.3) is 0 Å². The Hall–Kier alpha value is -2.21. The maximum Gasteiger partial charge on any atom is 0.343 e. The summed E-state index contributed by atoms with van der Waals surface area (Å²) in [4.78, 5) is 26.5. The van der Waals surface area contributed by atoms with Crippen LogP contribution in [0.5, 0.6) is 0 Å². The van der Waals surface area contributed by atoms with E-state index in [1.54, 1.807) is 39.8 Å². The third kappa shape index (κ3) is 3.31. The van der Waals surface area contributed by atoms with E-state index in [9.17, 15) is 4.79 Å². The Morgan fingerprint density at radius 2 is 2.12 bits per heavy atom. The van der Waals surface area contributed by atoms with Crippen molar-refractivity contribution in [1.82, 2.24) is 15.0 Å². The summed E-state index contributed by atoms with van der Waals surface area (Å²) in [6, 6.07) is 3.57. The van der Waals surface area contributed by atoms with Crippen molar-refractivity contribution in [2.45, 2.75) is 46.1 Å². The molecule has 0 unspecified atom stereocenters. The molecular weight excluding hydrogens is 340 g/mol. The van der Waals surface area contributed by atoms with Crippen LogP contribution in [0.15, 0.2) is 18.3 Å². The minimum atomic E-state index is -1.92. The summed E-state index contributed by atoms with van der Waals surface area (Å²) in [5, 5.41) is -0.0896. The van der Waals surface area contributed by atoms with E-state index in [1.807, 2.05) is 6.92 Å². The number of nitrogens with zero attached hydrogens (tertiary/aromatic N) is 4. The van der Waals surface area contributed by atoms with E-state index >= 15 is 0 Å². The van der Waals surface area contributed by atoms with E-state index in [-0.39, 0.29) is 22.8 Å². The van der Waals surface area contributed by atoms with Crippen molar-refractivity contribution in [3.05, 3.63) is 40.6 Å². The van der Waals surface area contributed by atoms with E-state index < -0.39 is 17.9 Å². The molecule has 0 N–H and O–H groups in total. The molecule has 0 radical (unpaired) electrons. The van der Waals surface area contributed by atoms with Gasteiger partial charge in [-0.05, 0) is 44.5 Å². The number of carbonyl (C=O) groups is 1. The second-order valence-electron chi connectivity index (χ2n) is 6.72. The summed E-state index contributed by atoms with van der Waals surface area (Å²) < 4.78 is 22.9. The molecule has 0 aliphatic carbocycles. The van der Waals surface area contributed by atoms with Crippen LogP contribution in [-0.2, 0) is 10.2 Å². The molecule has 1 aliphatic heterocycles. The van der Waals surface area contributed by atoms with Crippen molar-refractivity contribution in [2.24, 2.45) is 0 Å². The van der Waals surface area contributed by atoms with Crippen molar-refractivity contribution in [1.29, 1.82) is 0 Å². The molecule has 1 aliphatic rings. The van der Waals surface area contributed by atoms with Crippen molar-refractivity contribution in [3.63, 3.8) is 0 Å². The van der Waals surface area contributed by atoms with Gasteiger partial charge in [0.05, 0.1) is 20.2 Å². The van der Waals surface area contributed by atoms with Gasteiger partial charge in [-0.2, -0.15) is 4.98 Å². The molecule has 0 saturated heterocycles. The van der Waals surface area contributed by atoms with Gasteiger partial charge in [-0.15, -0.1) is 0 Å². The highest BCUT2D eigenvalue weighted by molar-refractivity contribution is 6.28. The van der Waals surface area contributed by atoms with E-state index in [0.717, 1.165) is 5.69 Å². The highest BCUT2D eigenvalue weighted by Gasteiger charge is 2.39. The van der Waals surface area contributed by atoms with Crippen LogP contribution in [0.3, 0.4) is 0 Å². The summed E-state index contributed by atoms with van der Waals surface area (Å²) in [5.41, 5.74) is 0.987. The average molecular weight is 363 g/mol. The van der Waals surface area contributed by atoms with Gasteiger partial charge in [0.2, 0.25) is 5.28 Å². The Kier molecular flexibility index (Phi) is 3.77. The summed E-state index contributed by atoms with van der Waals surface area (Å²) in [5.74, 6) is -0.582. The van der Waals surface area contributed by atoms with Gasteiger partial charge in [0.1, 0.15) is 5.56 Å². The minimum absolute atomic E-state index is 0.0428. The molecule has 0 amide bonds. The lowest BCUT2D eigenvalue weighted by atomic mass is 9.91. The van der Waals surface area contributed by atoms with E-state index in [4.69, 9.17) is 19.1 Å². The number of halogens is 1. The van der Waals surface area contributed by atoms with Crippen LogP contribution in [0.4, 0.5) is 11.5 Å². The Balaban J connectivity index is 2.25. The molecule has 0 spiro atoms. The lowest BCUT2D eigenvalue weighted by Crippen LogP contribution is -2.28. The largest absolute Gasteiger partial charge is 0.459 e. The molecule has 25 heavy (non-hydrogen) atoms. The molecule has 2 aromatic heterocycles. The first-order chi connectivity index (χ1) is 12.5. The Labute approximate surface area is 155 Å². The van der Waals surface area contributed by atoms with Gasteiger partial charge in [0.15, 0.2) is 5.82 Å². The van der Waals surface area contributed by atoms with Crippen LogP contribution < -0.4 is 4.90 Å². The molecule has 0 atom stereocenters. The van der Waals surface area contributed by atoms with Gasteiger partial charge in [0, 0.05) is 23.8 Å². The number of carbonyl (C=O) groups excluding carboxylic acids is 1. The van der Waals surface area contributed by atoms with E-state index in [0.29, 0.717) is 11.4 Å². The number of ether oxygens (including phenoxy) is 1.